The number of nitrogens with two attached hydrogens (primary N) is 1. The molecule has 0 bridgehead atoms. The molecule has 4 rings (SSSR count). The molecule has 0 radical (unpaired) electrons. The van der Waals surface area contributed by atoms with E-state index < -0.39 is 0 Å². The summed E-state index contributed by atoms with van der Waals surface area (Å²) in [7, 11) is 2.17. The fraction of sp³-hybridized carbons (Fsp3) is 0.647. The van der Waals surface area contributed by atoms with Crippen molar-refractivity contribution in [2.75, 3.05) is 50.5 Å². The fourth-order valence-electron chi connectivity index (χ4n) is 3.72. The van der Waals surface area contributed by atoms with E-state index in [-0.39, 0.29) is 0 Å². The first kappa shape index (κ1) is 16.1. The molecule has 3 heterocycles. The molecule has 0 amide bonds. The average Bonchev–Trinajstić information content (AvgIpc) is 2.93. The van der Waals surface area contributed by atoms with Crippen LogP contribution in [-0.4, -0.2) is 60.8 Å². The summed E-state index contributed by atoms with van der Waals surface area (Å²) in [5, 5.41) is 0. The summed E-state index contributed by atoms with van der Waals surface area (Å²) in [6, 6.07) is 0. The molecule has 6 nitrogen and oxygen atoms in total. The maximum Gasteiger partial charge on any atom is 0.222 e. The number of hydrogen-bond acceptors (Lipinski definition) is 7. The zero-order valence-electron chi connectivity index (χ0n) is 14.4. The van der Waals surface area contributed by atoms with Crippen molar-refractivity contribution in [1.29, 1.82) is 0 Å². The molecule has 2 aromatic rings. The summed E-state index contributed by atoms with van der Waals surface area (Å²) < 4.78 is 7.07. The summed E-state index contributed by atoms with van der Waals surface area (Å²) in [5.41, 5.74) is 8.45. The number of aromatic nitrogens is 2. The fourth-order valence-corrected chi connectivity index (χ4v) is 5.02. The lowest BCUT2D eigenvalue weighted by atomic mass is 9.95. The molecule has 0 aromatic carbocycles. The topological polar surface area (TPSA) is 67.5 Å². The molecule has 2 aromatic heterocycles. The molecule has 1 aliphatic carbocycles. The average molecular weight is 347 g/mol. The van der Waals surface area contributed by atoms with Gasteiger partial charge in [0.1, 0.15) is 0 Å². The molecular weight excluding hydrogens is 322 g/mol. The molecule has 1 unspecified atom stereocenters. The van der Waals surface area contributed by atoms with Gasteiger partial charge < -0.3 is 20.3 Å². The number of fused-ring (bicyclic) bond motifs is 3. The second-order valence-electron chi connectivity index (χ2n) is 6.70. The van der Waals surface area contributed by atoms with Crippen molar-refractivity contribution in [1.82, 2.24) is 14.9 Å². The van der Waals surface area contributed by atoms with Crippen LogP contribution in [0.25, 0.3) is 10.2 Å². The maximum absolute atomic E-state index is 6.06. The number of thiophene rings is 1. The lowest BCUT2D eigenvalue weighted by Crippen LogP contribution is -2.44. The van der Waals surface area contributed by atoms with Gasteiger partial charge in [-0.1, -0.05) is 0 Å². The largest absolute Gasteiger partial charge is 0.378 e. The van der Waals surface area contributed by atoms with Gasteiger partial charge in [-0.3, -0.25) is 0 Å². The molecule has 0 saturated carbocycles. The third-order valence-corrected chi connectivity index (χ3v) is 6.32. The number of nitrogens with zero attached hydrogens (tertiary/aromatic N) is 4. The van der Waals surface area contributed by atoms with Gasteiger partial charge >= 0.3 is 0 Å². The van der Waals surface area contributed by atoms with Gasteiger partial charge in [-0.05, 0) is 32.4 Å². The molecule has 1 atom stereocenters. The molecule has 0 spiro atoms. The third kappa shape index (κ3) is 2.85. The van der Waals surface area contributed by atoms with Crippen LogP contribution in [0.3, 0.4) is 0 Å². The predicted octanol–water partition coefficient (Wildman–Crippen LogP) is 1.92. The normalized spacial score (nSPS) is 22.1. The Labute approximate surface area is 146 Å². The number of likely N-dealkylation sites (N-methyl/N-ethyl adjacent to an activating group) is 1. The Morgan fingerprint density at radius 2 is 2.04 bits per heavy atom. The Bertz CT molecular complexity index is 738. The van der Waals surface area contributed by atoms with Gasteiger partial charge in [-0.25, -0.2) is 4.98 Å². The van der Waals surface area contributed by atoms with Crippen LogP contribution < -0.4 is 10.6 Å². The Morgan fingerprint density at radius 1 is 1.25 bits per heavy atom. The van der Waals surface area contributed by atoms with Crippen LogP contribution in [-0.2, 0) is 17.6 Å². The number of piperazine rings is 1. The van der Waals surface area contributed by atoms with E-state index in [9.17, 15) is 0 Å². The second-order valence-corrected chi connectivity index (χ2v) is 7.80. The SMILES string of the molecule is CCOC1CCc2sc3c(N4CCN(C)CC4)nc(N)nc3c2C1. The summed E-state index contributed by atoms with van der Waals surface area (Å²) in [4.78, 5) is 15.4. The van der Waals surface area contributed by atoms with Gasteiger partial charge in [-0.2, -0.15) is 4.98 Å². The van der Waals surface area contributed by atoms with Gasteiger partial charge in [0.2, 0.25) is 5.95 Å². The Hall–Kier alpha value is -1.44. The van der Waals surface area contributed by atoms with E-state index in [1.807, 2.05) is 11.3 Å². The zero-order chi connectivity index (χ0) is 16.7. The molecule has 2 aliphatic rings. The summed E-state index contributed by atoms with van der Waals surface area (Å²) >= 11 is 1.86. The third-order valence-electron chi connectivity index (χ3n) is 5.04. The summed E-state index contributed by atoms with van der Waals surface area (Å²) in [6.07, 6.45) is 3.43. The number of anilines is 2. The van der Waals surface area contributed by atoms with Crippen LogP contribution in [0.1, 0.15) is 23.8 Å². The predicted molar refractivity (Wildman–Crippen MR) is 99.0 cm³/mol. The highest BCUT2D eigenvalue weighted by molar-refractivity contribution is 7.19. The number of rotatable bonds is 3. The second kappa shape index (κ2) is 6.46. The highest BCUT2D eigenvalue weighted by Crippen LogP contribution is 2.40. The summed E-state index contributed by atoms with van der Waals surface area (Å²) in [6.45, 7) is 6.93. The lowest BCUT2D eigenvalue weighted by Gasteiger charge is -2.33. The van der Waals surface area contributed by atoms with E-state index >= 15 is 0 Å². The van der Waals surface area contributed by atoms with E-state index in [0.717, 1.165) is 63.4 Å². The Balaban J connectivity index is 1.74. The summed E-state index contributed by atoms with van der Waals surface area (Å²) in [5.74, 6) is 1.41. The van der Waals surface area contributed by atoms with Crippen LogP contribution in [0, 0.1) is 0 Å². The number of ether oxygens (including phenoxy) is 1. The minimum atomic E-state index is 0.309. The standard InChI is InChI=1S/C17H25N5OS/c1-3-23-11-4-5-13-12(10-11)14-15(24-13)16(20-17(18)19-14)22-8-6-21(2)7-9-22/h11H,3-10H2,1-2H3,(H2,18,19,20). The first-order valence-corrected chi connectivity index (χ1v) is 9.60. The van der Waals surface area contributed by atoms with Crippen molar-refractivity contribution in [3.63, 3.8) is 0 Å². The van der Waals surface area contributed by atoms with Crippen LogP contribution in [0.15, 0.2) is 0 Å². The highest BCUT2D eigenvalue weighted by Gasteiger charge is 2.27. The number of hydrogen-bond donors (Lipinski definition) is 1. The van der Waals surface area contributed by atoms with Crippen molar-refractivity contribution >= 4 is 33.3 Å². The van der Waals surface area contributed by atoms with Crippen LogP contribution >= 0.6 is 11.3 Å². The molecule has 24 heavy (non-hydrogen) atoms. The van der Waals surface area contributed by atoms with Crippen LogP contribution in [0.5, 0.6) is 0 Å². The molecular formula is C17H25N5OS. The smallest absolute Gasteiger partial charge is 0.222 e. The quantitative estimate of drug-likeness (QED) is 0.915. The monoisotopic (exact) mass is 347 g/mol. The van der Waals surface area contributed by atoms with Crippen molar-refractivity contribution in [2.24, 2.45) is 0 Å². The van der Waals surface area contributed by atoms with Gasteiger partial charge in [0.25, 0.3) is 0 Å². The van der Waals surface area contributed by atoms with Crippen molar-refractivity contribution in [2.45, 2.75) is 32.3 Å². The van der Waals surface area contributed by atoms with Crippen LogP contribution in [0.2, 0.25) is 0 Å². The molecule has 1 fully saturated rings. The molecule has 1 aliphatic heterocycles. The molecule has 1 saturated heterocycles. The van der Waals surface area contributed by atoms with Crippen molar-refractivity contribution in [3.8, 4) is 0 Å². The van der Waals surface area contributed by atoms with E-state index in [4.69, 9.17) is 10.5 Å². The van der Waals surface area contributed by atoms with Crippen LogP contribution in [0.4, 0.5) is 11.8 Å². The first-order chi connectivity index (χ1) is 11.7. The number of aryl methyl sites for hydroxylation is 1. The molecule has 130 valence electrons. The van der Waals surface area contributed by atoms with Crippen molar-refractivity contribution < 1.29 is 4.74 Å². The van der Waals surface area contributed by atoms with Crippen molar-refractivity contribution in [3.05, 3.63) is 10.4 Å². The van der Waals surface area contributed by atoms with Gasteiger partial charge in [0.05, 0.1) is 16.3 Å². The van der Waals surface area contributed by atoms with Gasteiger partial charge in [-0.15, -0.1) is 11.3 Å². The first-order valence-electron chi connectivity index (χ1n) is 8.78. The minimum Gasteiger partial charge on any atom is -0.378 e. The van der Waals surface area contributed by atoms with E-state index in [1.54, 1.807) is 0 Å². The molecule has 7 heteroatoms. The Kier molecular flexibility index (Phi) is 4.32. The van der Waals surface area contributed by atoms with Gasteiger partial charge in [0, 0.05) is 44.1 Å². The number of nitrogen functional groups attached to an aromatic ring is 1. The molecule has 2 N–H and O–H groups in total. The van der Waals surface area contributed by atoms with E-state index in [1.165, 1.54) is 15.1 Å². The van der Waals surface area contributed by atoms with Gasteiger partial charge in [0.15, 0.2) is 5.82 Å². The minimum absolute atomic E-state index is 0.309. The lowest BCUT2D eigenvalue weighted by molar-refractivity contribution is 0.0541. The zero-order valence-corrected chi connectivity index (χ0v) is 15.2. The Morgan fingerprint density at radius 3 is 2.79 bits per heavy atom. The highest BCUT2D eigenvalue weighted by atomic mass is 32.1. The van der Waals surface area contributed by atoms with E-state index in [0.29, 0.717) is 12.1 Å². The maximum atomic E-state index is 6.06. The van der Waals surface area contributed by atoms with E-state index in [2.05, 4.69) is 33.7 Å².